The summed E-state index contributed by atoms with van der Waals surface area (Å²) >= 11 is 7.92. The molecule has 1 aliphatic rings. The highest BCUT2D eigenvalue weighted by atomic mass is 35.5. The van der Waals surface area contributed by atoms with Crippen LogP contribution in [0.5, 0.6) is 0 Å². The Morgan fingerprint density at radius 1 is 1.33 bits per heavy atom. The second-order valence-corrected chi connectivity index (χ2v) is 5.37. The van der Waals surface area contributed by atoms with E-state index in [1.165, 1.54) is 0 Å². The molecule has 0 radical (unpaired) electrons. The molecule has 0 bridgehead atoms. The molecule has 4 heteroatoms. The van der Waals surface area contributed by atoms with Crippen molar-refractivity contribution in [2.75, 3.05) is 18.9 Å². The summed E-state index contributed by atoms with van der Waals surface area (Å²) in [4.78, 5) is 1.09. The zero-order valence-corrected chi connectivity index (χ0v) is 9.98. The predicted octanol–water partition coefficient (Wildman–Crippen LogP) is 3.19. The van der Waals surface area contributed by atoms with E-state index in [-0.39, 0.29) is 0 Å². The molecule has 1 saturated heterocycles. The molecule has 0 atom stereocenters. The van der Waals surface area contributed by atoms with Crippen molar-refractivity contribution in [2.45, 2.75) is 23.0 Å². The van der Waals surface area contributed by atoms with E-state index in [1.54, 1.807) is 0 Å². The fourth-order valence-electron chi connectivity index (χ4n) is 1.58. The normalized spacial score (nSPS) is 17.9. The number of halogens is 1. The minimum Gasteiger partial charge on any atom is -0.399 e. The molecular formula is C11H14ClNOS. The lowest BCUT2D eigenvalue weighted by Gasteiger charge is -2.21. The fraction of sp³-hybridized carbons (Fsp3) is 0.455. The van der Waals surface area contributed by atoms with Crippen LogP contribution in [0.4, 0.5) is 5.69 Å². The molecule has 2 nitrogen and oxygen atoms in total. The number of benzene rings is 1. The fourth-order valence-corrected chi connectivity index (χ4v) is 3.01. The molecule has 1 heterocycles. The van der Waals surface area contributed by atoms with Crippen LogP contribution in [-0.2, 0) is 4.74 Å². The van der Waals surface area contributed by atoms with Crippen LogP contribution in [0.1, 0.15) is 12.8 Å². The summed E-state index contributed by atoms with van der Waals surface area (Å²) in [7, 11) is 0. The SMILES string of the molecule is Nc1ccc(Cl)c(SC2CCOCC2)c1. The monoisotopic (exact) mass is 243 g/mol. The summed E-state index contributed by atoms with van der Waals surface area (Å²) < 4.78 is 5.32. The maximum atomic E-state index is 6.11. The van der Waals surface area contributed by atoms with E-state index in [9.17, 15) is 0 Å². The van der Waals surface area contributed by atoms with Crippen LogP contribution in [0.3, 0.4) is 0 Å². The lowest BCUT2D eigenvalue weighted by molar-refractivity contribution is 0.100. The van der Waals surface area contributed by atoms with E-state index < -0.39 is 0 Å². The number of hydrogen-bond acceptors (Lipinski definition) is 3. The second-order valence-electron chi connectivity index (χ2n) is 3.62. The number of rotatable bonds is 2. The molecule has 0 aliphatic carbocycles. The lowest BCUT2D eigenvalue weighted by atomic mass is 10.2. The highest BCUT2D eigenvalue weighted by Crippen LogP contribution is 2.35. The molecule has 82 valence electrons. The summed E-state index contributed by atoms with van der Waals surface area (Å²) in [5.74, 6) is 0. The van der Waals surface area contributed by atoms with E-state index in [0.717, 1.165) is 41.7 Å². The first-order valence-electron chi connectivity index (χ1n) is 5.05. The first kappa shape index (κ1) is 11.1. The Balaban J connectivity index is 2.05. The third-order valence-corrected chi connectivity index (χ3v) is 4.26. The van der Waals surface area contributed by atoms with Crippen LogP contribution in [0.15, 0.2) is 23.1 Å². The van der Waals surface area contributed by atoms with E-state index in [0.29, 0.717) is 5.25 Å². The molecule has 0 spiro atoms. The van der Waals surface area contributed by atoms with Gasteiger partial charge in [0.2, 0.25) is 0 Å². The van der Waals surface area contributed by atoms with E-state index >= 15 is 0 Å². The van der Waals surface area contributed by atoms with Gasteiger partial charge in [-0.2, -0.15) is 0 Å². The zero-order valence-electron chi connectivity index (χ0n) is 8.41. The topological polar surface area (TPSA) is 35.2 Å². The molecule has 2 rings (SSSR count). The second kappa shape index (κ2) is 5.10. The van der Waals surface area contributed by atoms with E-state index in [4.69, 9.17) is 22.1 Å². The average molecular weight is 244 g/mol. The number of hydrogen-bond donors (Lipinski definition) is 1. The van der Waals surface area contributed by atoms with Gasteiger partial charge >= 0.3 is 0 Å². The van der Waals surface area contributed by atoms with Crippen molar-refractivity contribution in [1.82, 2.24) is 0 Å². The van der Waals surface area contributed by atoms with Gasteiger partial charge in [0.1, 0.15) is 0 Å². The standard InChI is InChI=1S/C11H14ClNOS/c12-10-2-1-8(13)7-11(10)15-9-3-5-14-6-4-9/h1-2,7,9H,3-6,13H2. The van der Waals surface area contributed by atoms with Crippen molar-refractivity contribution in [1.29, 1.82) is 0 Å². The molecule has 1 aliphatic heterocycles. The maximum Gasteiger partial charge on any atom is 0.0543 e. The van der Waals surface area contributed by atoms with Crippen molar-refractivity contribution >= 4 is 29.1 Å². The van der Waals surface area contributed by atoms with Gasteiger partial charge in [0.25, 0.3) is 0 Å². The van der Waals surface area contributed by atoms with Gasteiger partial charge in [-0.1, -0.05) is 11.6 Å². The minimum atomic E-state index is 0.609. The van der Waals surface area contributed by atoms with Crippen molar-refractivity contribution in [2.24, 2.45) is 0 Å². The van der Waals surface area contributed by atoms with Gasteiger partial charge < -0.3 is 10.5 Å². The highest BCUT2D eigenvalue weighted by molar-refractivity contribution is 8.00. The molecule has 1 aromatic carbocycles. The van der Waals surface area contributed by atoms with Gasteiger partial charge in [0.05, 0.1) is 5.02 Å². The number of thioether (sulfide) groups is 1. The minimum absolute atomic E-state index is 0.609. The Morgan fingerprint density at radius 3 is 2.80 bits per heavy atom. The zero-order chi connectivity index (χ0) is 10.7. The van der Waals surface area contributed by atoms with Crippen LogP contribution in [0.2, 0.25) is 5.02 Å². The van der Waals surface area contributed by atoms with Gasteiger partial charge in [-0.05, 0) is 31.0 Å². The summed E-state index contributed by atoms with van der Waals surface area (Å²) in [6, 6.07) is 5.64. The average Bonchev–Trinajstić information content (AvgIpc) is 2.25. The number of anilines is 1. The molecular weight excluding hydrogens is 230 g/mol. The van der Waals surface area contributed by atoms with Crippen molar-refractivity contribution in [3.63, 3.8) is 0 Å². The molecule has 0 aromatic heterocycles. The van der Waals surface area contributed by atoms with Crippen molar-refractivity contribution in [3.8, 4) is 0 Å². The van der Waals surface area contributed by atoms with Gasteiger partial charge in [-0.25, -0.2) is 0 Å². The third-order valence-electron chi connectivity index (χ3n) is 2.42. The van der Waals surface area contributed by atoms with Gasteiger partial charge in [-0.3, -0.25) is 0 Å². The largest absolute Gasteiger partial charge is 0.399 e. The molecule has 15 heavy (non-hydrogen) atoms. The smallest absolute Gasteiger partial charge is 0.0543 e. The molecule has 0 unspecified atom stereocenters. The van der Waals surface area contributed by atoms with Crippen molar-refractivity contribution < 1.29 is 4.74 Å². The van der Waals surface area contributed by atoms with Crippen LogP contribution in [0, 0.1) is 0 Å². The Labute approximate surface area is 99.1 Å². The molecule has 0 saturated carbocycles. The molecule has 2 N–H and O–H groups in total. The Kier molecular flexibility index (Phi) is 3.78. The van der Waals surface area contributed by atoms with Crippen LogP contribution >= 0.6 is 23.4 Å². The van der Waals surface area contributed by atoms with Crippen LogP contribution in [-0.4, -0.2) is 18.5 Å². The number of ether oxygens (including phenoxy) is 1. The van der Waals surface area contributed by atoms with Gasteiger partial charge in [0, 0.05) is 29.0 Å². The summed E-state index contributed by atoms with van der Waals surface area (Å²) in [6.07, 6.45) is 2.19. The quantitative estimate of drug-likeness (QED) is 0.811. The number of nitrogen functional groups attached to an aromatic ring is 1. The highest BCUT2D eigenvalue weighted by Gasteiger charge is 2.16. The van der Waals surface area contributed by atoms with E-state index in [2.05, 4.69) is 0 Å². The Hall–Kier alpha value is -0.380. The Bertz CT molecular complexity index is 339. The van der Waals surface area contributed by atoms with Crippen molar-refractivity contribution in [3.05, 3.63) is 23.2 Å². The summed E-state index contributed by atoms with van der Waals surface area (Å²) in [5.41, 5.74) is 6.51. The van der Waals surface area contributed by atoms with Gasteiger partial charge in [0.15, 0.2) is 0 Å². The van der Waals surface area contributed by atoms with Gasteiger partial charge in [-0.15, -0.1) is 11.8 Å². The first-order chi connectivity index (χ1) is 7.25. The summed E-state index contributed by atoms with van der Waals surface area (Å²) in [5, 5.41) is 1.40. The van der Waals surface area contributed by atoms with Crippen LogP contribution < -0.4 is 5.73 Å². The maximum absolute atomic E-state index is 6.11. The molecule has 0 amide bonds. The first-order valence-corrected chi connectivity index (χ1v) is 6.31. The summed E-state index contributed by atoms with van der Waals surface area (Å²) in [6.45, 7) is 1.72. The molecule has 1 fully saturated rings. The van der Waals surface area contributed by atoms with E-state index in [1.807, 2.05) is 30.0 Å². The number of nitrogens with two attached hydrogens (primary N) is 1. The lowest BCUT2D eigenvalue weighted by Crippen LogP contribution is -2.17. The Morgan fingerprint density at radius 2 is 2.07 bits per heavy atom. The third kappa shape index (κ3) is 3.03. The predicted molar refractivity (Wildman–Crippen MR) is 65.6 cm³/mol. The van der Waals surface area contributed by atoms with Crippen LogP contribution in [0.25, 0.3) is 0 Å². The molecule has 1 aromatic rings.